The summed E-state index contributed by atoms with van der Waals surface area (Å²) in [6.45, 7) is 16.9. The normalized spacial score (nSPS) is 14.1. The lowest BCUT2D eigenvalue weighted by atomic mass is 9.69. The fraction of sp³-hybridized carbons (Fsp3) is 0.933. The Morgan fingerprint density at radius 1 is 1.11 bits per heavy atom. The van der Waals surface area contributed by atoms with Crippen LogP contribution >= 0.6 is 0 Å². The van der Waals surface area contributed by atoms with Crippen molar-refractivity contribution in [2.75, 3.05) is 6.54 Å². The highest BCUT2D eigenvalue weighted by molar-refractivity contribution is 5.92. The maximum atomic E-state index is 12.7. The SMILES string of the molecule is CC(C)NC(C)(C)C(=O)C(C)(C)CC(C)(C)CN. The van der Waals surface area contributed by atoms with Gasteiger partial charge in [0.2, 0.25) is 0 Å². The van der Waals surface area contributed by atoms with Gasteiger partial charge in [-0.25, -0.2) is 0 Å². The smallest absolute Gasteiger partial charge is 0.157 e. The number of Topliss-reactive ketones (excluding diaryl/α,β-unsaturated/α-hetero) is 1. The number of ketones is 1. The van der Waals surface area contributed by atoms with Gasteiger partial charge in [0, 0.05) is 11.5 Å². The number of nitrogens with one attached hydrogen (secondary N) is 1. The molecule has 0 unspecified atom stereocenters. The van der Waals surface area contributed by atoms with Crippen LogP contribution < -0.4 is 11.1 Å². The maximum Gasteiger partial charge on any atom is 0.157 e. The first kappa shape index (κ1) is 17.6. The summed E-state index contributed by atoms with van der Waals surface area (Å²) in [4.78, 5) is 12.7. The highest BCUT2D eigenvalue weighted by atomic mass is 16.1. The van der Waals surface area contributed by atoms with E-state index in [1.165, 1.54) is 0 Å². The fourth-order valence-corrected chi connectivity index (χ4v) is 2.98. The van der Waals surface area contributed by atoms with Crippen molar-refractivity contribution in [2.45, 2.75) is 73.4 Å². The number of nitrogens with two attached hydrogens (primary N) is 1. The number of carbonyl (C=O) groups is 1. The van der Waals surface area contributed by atoms with Crippen LogP contribution in [0.4, 0.5) is 0 Å². The zero-order chi connectivity index (χ0) is 14.8. The molecule has 108 valence electrons. The third-order valence-corrected chi connectivity index (χ3v) is 3.30. The van der Waals surface area contributed by atoms with E-state index >= 15 is 0 Å². The van der Waals surface area contributed by atoms with Gasteiger partial charge in [-0.2, -0.15) is 0 Å². The van der Waals surface area contributed by atoms with Crippen molar-refractivity contribution in [1.82, 2.24) is 5.32 Å². The summed E-state index contributed by atoms with van der Waals surface area (Å²) in [6, 6.07) is 0.294. The molecule has 0 atom stereocenters. The summed E-state index contributed by atoms with van der Waals surface area (Å²) in [5, 5.41) is 3.35. The van der Waals surface area contributed by atoms with E-state index in [0.29, 0.717) is 12.6 Å². The van der Waals surface area contributed by atoms with E-state index in [1.54, 1.807) is 0 Å². The molecule has 18 heavy (non-hydrogen) atoms. The Balaban J connectivity index is 4.95. The summed E-state index contributed by atoms with van der Waals surface area (Å²) in [6.07, 6.45) is 0.804. The fourth-order valence-electron chi connectivity index (χ4n) is 2.98. The molecule has 0 aliphatic heterocycles. The van der Waals surface area contributed by atoms with Crippen LogP contribution in [0.3, 0.4) is 0 Å². The molecular formula is C15H32N2O. The van der Waals surface area contributed by atoms with Gasteiger partial charge in [-0.1, -0.05) is 27.7 Å². The Labute approximate surface area is 113 Å². The molecule has 0 aliphatic carbocycles. The Bertz CT molecular complexity index is 291. The molecule has 0 radical (unpaired) electrons. The minimum Gasteiger partial charge on any atom is -0.330 e. The van der Waals surface area contributed by atoms with Crippen LogP contribution in [0.5, 0.6) is 0 Å². The van der Waals surface area contributed by atoms with E-state index in [-0.39, 0.29) is 16.6 Å². The summed E-state index contributed by atoms with van der Waals surface area (Å²) in [5.41, 5.74) is 4.91. The van der Waals surface area contributed by atoms with E-state index in [9.17, 15) is 4.79 Å². The summed E-state index contributed by atoms with van der Waals surface area (Å²) in [5.74, 6) is 0.255. The third-order valence-electron chi connectivity index (χ3n) is 3.30. The maximum absolute atomic E-state index is 12.7. The van der Waals surface area contributed by atoms with E-state index in [1.807, 2.05) is 27.7 Å². The van der Waals surface area contributed by atoms with Crippen LogP contribution in [0.2, 0.25) is 0 Å². The molecule has 3 nitrogen and oxygen atoms in total. The van der Waals surface area contributed by atoms with Crippen molar-refractivity contribution < 1.29 is 4.79 Å². The second-order valence-electron chi connectivity index (χ2n) is 7.68. The molecule has 0 saturated carbocycles. The molecule has 0 spiro atoms. The molecule has 0 aromatic rings. The van der Waals surface area contributed by atoms with Crippen molar-refractivity contribution in [3.63, 3.8) is 0 Å². The minimum absolute atomic E-state index is 0.00687. The van der Waals surface area contributed by atoms with Gasteiger partial charge in [0.25, 0.3) is 0 Å². The molecule has 0 amide bonds. The highest BCUT2D eigenvalue weighted by Gasteiger charge is 2.41. The van der Waals surface area contributed by atoms with Crippen molar-refractivity contribution >= 4 is 5.78 Å². The minimum atomic E-state index is -0.498. The van der Waals surface area contributed by atoms with Gasteiger partial charge < -0.3 is 11.1 Å². The van der Waals surface area contributed by atoms with Crippen LogP contribution in [-0.4, -0.2) is 23.9 Å². The molecule has 0 bridgehead atoms. The number of carbonyl (C=O) groups excluding carboxylic acids is 1. The molecule has 0 fully saturated rings. The molecule has 0 aromatic heterocycles. The van der Waals surface area contributed by atoms with Crippen molar-refractivity contribution in [1.29, 1.82) is 0 Å². The lowest BCUT2D eigenvalue weighted by Crippen LogP contribution is -2.55. The Kier molecular flexibility index (Phi) is 5.57. The summed E-state index contributed by atoms with van der Waals surface area (Å²) >= 11 is 0. The molecule has 3 heteroatoms. The number of hydrogen-bond acceptors (Lipinski definition) is 3. The Morgan fingerprint density at radius 2 is 1.56 bits per heavy atom. The van der Waals surface area contributed by atoms with Gasteiger partial charge in [0.05, 0.1) is 5.54 Å². The van der Waals surface area contributed by atoms with Crippen LogP contribution in [0.1, 0.15) is 61.8 Å². The van der Waals surface area contributed by atoms with Crippen LogP contribution in [0.15, 0.2) is 0 Å². The average Bonchev–Trinajstić information content (AvgIpc) is 2.13. The second kappa shape index (κ2) is 5.70. The molecular weight excluding hydrogens is 224 g/mol. The molecule has 0 aromatic carbocycles. The van der Waals surface area contributed by atoms with E-state index in [4.69, 9.17) is 5.73 Å². The van der Waals surface area contributed by atoms with E-state index in [2.05, 4.69) is 33.0 Å². The quantitative estimate of drug-likeness (QED) is 0.736. The van der Waals surface area contributed by atoms with Gasteiger partial charge in [0.1, 0.15) is 0 Å². The average molecular weight is 256 g/mol. The van der Waals surface area contributed by atoms with Crippen LogP contribution in [0, 0.1) is 10.8 Å². The van der Waals surface area contributed by atoms with E-state index < -0.39 is 5.54 Å². The first-order valence-corrected chi connectivity index (χ1v) is 6.87. The monoisotopic (exact) mass is 256 g/mol. The zero-order valence-corrected chi connectivity index (χ0v) is 13.5. The standard InChI is InChI=1S/C15H32N2O/c1-11(2)17-15(7,8)12(18)14(5,6)9-13(3,4)10-16/h11,17H,9-10,16H2,1-8H3. The first-order chi connectivity index (χ1) is 7.84. The molecule has 0 saturated heterocycles. The van der Waals surface area contributed by atoms with Crippen molar-refractivity contribution in [2.24, 2.45) is 16.6 Å². The predicted octanol–water partition coefficient (Wildman–Crippen LogP) is 2.73. The number of rotatable bonds is 7. The predicted molar refractivity (Wildman–Crippen MR) is 78.6 cm³/mol. The van der Waals surface area contributed by atoms with Crippen molar-refractivity contribution in [3.05, 3.63) is 0 Å². The van der Waals surface area contributed by atoms with Gasteiger partial charge in [-0.15, -0.1) is 0 Å². The van der Waals surface area contributed by atoms with Gasteiger partial charge >= 0.3 is 0 Å². The molecule has 0 rings (SSSR count). The molecule has 0 heterocycles. The van der Waals surface area contributed by atoms with Gasteiger partial charge in [-0.05, 0) is 46.1 Å². The zero-order valence-electron chi connectivity index (χ0n) is 13.5. The second-order valence-corrected chi connectivity index (χ2v) is 7.68. The largest absolute Gasteiger partial charge is 0.330 e. The Morgan fingerprint density at radius 3 is 1.89 bits per heavy atom. The Hall–Kier alpha value is -0.410. The van der Waals surface area contributed by atoms with E-state index in [0.717, 1.165) is 6.42 Å². The van der Waals surface area contributed by atoms with Gasteiger partial charge in [-0.3, -0.25) is 4.79 Å². The summed E-state index contributed by atoms with van der Waals surface area (Å²) < 4.78 is 0. The van der Waals surface area contributed by atoms with Gasteiger partial charge in [0.15, 0.2) is 5.78 Å². The third kappa shape index (κ3) is 5.07. The molecule has 3 N–H and O–H groups in total. The van der Waals surface area contributed by atoms with Crippen LogP contribution in [0.25, 0.3) is 0 Å². The topological polar surface area (TPSA) is 55.1 Å². The van der Waals surface area contributed by atoms with Crippen molar-refractivity contribution in [3.8, 4) is 0 Å². The first-order valence-electron chi connectivity index (χ1n) is 6.87. The lowest BCUT2D eigenvalue weighted by molar-refractivity contribution is -0.134. The number of hydrogen-bond donors (Lipinski definition) is 2. The highest BCUT2D eigenvalue weighted by Crippen LogP contribution is 2.36. The molecule has 0 aliphatic rings. The summed E-state index contributed by atoms with van der Waals surface area (Å²) in [7, 11) is 0. The van der Waals surface area contributed by atoms with Crippen LogP contribution in [-0.2, 0) is 4.79 Å². The lowest BCUT2D eigenvalue weighted by Gasteiger charge is -2.39.